The molecule has 1 aliphatic carbocycles. The van der Waals surface area contributed by atoms with Crippen molar-refractivity contribution in [1.29, 1.82) is 0 Å². The molecule has 1 N–H and O–H groups in total. The van der Waals surface area contributed by atoms with E-state index in [1.54, 1.807) is 24.3 Å². The minimum absolute atomic E-state index is 0.129. The van der Waals surface area contributed by atoms with Crippen molar-refractivity contribution in [3.63, 3.8) is 0 Å². The summed E-state index contributed by atoms with van der Waals surface area (Å²) in [7, 11) is -4.11. The number of hydrogen-bond donors (Lipinski definition) is 1. The summed E-state index contributed by atoms with van der Waals surface area (Å²) in [5.41, 5.74) is 2.11. The average Bonchev–Trinajstić information content (AvgIpc) is 3.07. The predicted octanol–water partition coefficient (Wildman–Crippen LogP) is 5.25. The van der Waals surface area contributed by atoms with E-state index in [0.29, 0.717) is 44.3 Å². The summed E-state index contributed by atoms with van der Waals surface area (Å²) >= 11 is 0. The molecule has 0 unspecified atom stereocenters. The van der Waals surface area contributed by atoms with Gasteiger partial charge >= 0.3 is 0 Å². The average molecular weight is 688 g/mol. The summed E-state index contributed by atoms with van der Waals surface area (Å²) in [4.78, 5) is 4.43. The van der Waals surface area contributed by atoms with E-state index < -0.39 is 20.2 Å². The first-order valence-electron chi connectivity index (χ1n) is 17.3. The molecular formula is C35H53N5O5S2. The summed E-state index contributed by atoms with van der Waals surface area (Å²) < 4.78 is 60.1. The van der Waals surface area contributed by atoms with Crippen LogP contribution in [0.2, 0.25) is 0 Å². The number of aliphatic hydroxyl groups is 1. The van der Waals surface area contributed by atoms with Gasteiger partial charge in [0.15, 0.2) is 0 Å². The van der Waals surface area contributed by atoms with Crippen molar-refractivity contribution in [1.82, 2.24) is 17.8 Å². The summed E-state index contributed by atoms with van der Waals surface area (Å²) in [6, 6.07) is 16.9. The molecular weight excluding hydrogens is 635 g/mol. The second-order valence-electron chi connectivity index (χ2n) is 13.6. The van der Waals surface area contributed by atoms with Gasteiger partial charge in [0.25, 0.3) is 20.2 Å². The number of piperidine rings is 1. The molecule has 12 heteroatoms. The van der Waals surface area contributed by atoms with E-state index in [1.165, 1.54) is 56.8 Å². The number of benzene rings is 2. The van der Waals surface area contributed by atoms with Gasteiger partial charge in [0.05, 0.1) is 17.6 Å². The molecule has 2 fully saturated rings. The second kappa shape index (κ2) is 16.2. The number of sulfonamides is 1. The first-order chi connectivity index (χ1) is 22.5. The molecule has 0 spiro atoms. The number of hydrogen-bond acceptors (Lipinski definition) is 7. The van der Waals surface area contributed by atoms with Crippen LogP contribution in [0, 0.1) is 5.92 Å². The van der Waals surface area contributed by atoms with Gasteiger partial charge in [-0.05, 0) is 93.3 Å². The molecule has 2 aliphatic heterocycles. The minimum atomic E-state index is -4.00. The van der Waals surface area contributed by atoms with Gasteiger partial charge in [0.2, 0.25) is 0 Å². The van der Waals surface area contributed by atoms with Crippen molar-refractivity contribution in [2.45, 2.75) is 68.6 Å². The van der Waals surface area contributed by atoms with E-state index in [-0.39, 0.29) is 30.3 Å². The SMILES string of the molecule is CN(C)c1ccc(S(=O)(=O)N2/C=C(/O)CN(S(=O)(=O)N3CCC(c4ccccc4)CC3)CCCN(CC3CCCCC3)CCC2)cc1. The van der Waals surface area contributed by atoms with Crippen LogP contribution in [0.25, 0.3) is 0 Å². The van der Waals surface area contributed by atoms with Gasteiger partial charge in [0.1, 0.15) is 5.76 Å². The summed E-state index contributed by atoms with van der Waals surface area (Å²) in [5.74, 6) is 0.628. The van der Waals surface area contributed by atoms with E-state index >= 15 is 0 Å². The molecule has 10 nitrogen and oxygen atoms in total. The highest BCUT2D eigenvalue weighted by Crippen LogP contribution is 2.30. The molecule has 260 valence electrons. The van der Waals surface area contributed by atoms with Crippen LogP contribution in [0.4, 0.5) is 5.69 Å². The zero-order chi connectivity index (χ0) is 33.4. The van der Waals surface area contributed by atoms with E-state index in [1.807, 2.05) is 37.2 Å². The predicted molar refractivity (Wildman–Crippen MR) is 188 cm³/mol. The Morgan fingerprint density at radius 3 is 2.00 bits per heavy atom. The first-order valence-corrected chi connectivity index (χ1v) is 20.1. The Kier molecular flexibility index (Phi) is 12.3. The third kappa shape index (κ3) is 9.29. The number of rotatable bonds is 8. The molecule has 0 radical (unpaired) electrons. The molecule has 47 heavy (non-hydrogen) atoms. The topological polar surface area (TPSA) is 105 Å². The third-order valence-electron chi connectivity index (χ3n) is 9.94. The van der Waals surface area contributed by atoms with Gasteiger partial charge in [-0.3, -0.25) is 4.31 Å². The lowest BCUT2D eigenvalue weighted by molar-refractivity contribution is 0.187. The fourth-order valence-electron chi connectivity index (χ4n) is 7.23. The molecule has 1 saturated carbocycles. The minimum Gasteiger partial charge on any atom is -0.509 e. The molecule has 2 heterocycles. The summed E-state index contributed by atoms with van der Waals surface area (Å²) in [5, 5.41) is 11.2. The van der Waals surface area contributed by atoms with Crippen molar-refractivity contribution in [2.24, 2.45) is 5.92 Å². The molecule has 0 amide bonds. The summed E-state index contributed by atoms with van der Waals surface area (Å²) in [6.45, 7) is 3.33. The van der Waals surface area contributed by atoms with Gasteiger partial charge in [-0.25, -0.2) is 8.42 Å². The van der Waals surface area contributed by atoms with Crippen LogP contribution in [-0.2, 0) is 20.2 Å². The lowest BCUT2D eigenvalue weighted by Crippen LogP contribution is -2.48. The maximum Gasteiger partial charge on any atom is 0.282 e. The number of anilines is 1. The van der Waals surface area contributed by atoms with E-state index in [9.17, 15) is 21.9 Å². The molecule has 0 atom stereocenters. The Labute approximate surface area is 282 Å². The van der Waals surface area contributed by atoms with Crippen LogP contribution in [-0.4, -0.2) is 106 Å². The Bertz CT molecular complexity index is 1520. The second-order valence-corrected chi connectivity index (χ2v) is 17.4. The fourth-order valence-corrected chi connectivity index (χ4v) is 10.3. The molecule has 5 rings (SSSR count). The Balaban J connectivity index is 1.38. The molecule has 3 aliphatic rings. The monoisotopic (exact) mass is 687 g/mol. The Morgan fingerprint density at radius 1 is 0.723 bits per heavy atom. The zero-order valence-electron chi connectivity index (χ0n) is 28.1. The molecule has 0 bridgehead atoms. The molecule has 2 aromatic rings. The van der Waals surface area contributed by atoms with Gasteiger partial charge in [-0.15, -0.1) is 0 Å². The highest BCUT2D eigenvalue weighted by atomic mass is 32.2. The number of nitrogens with zero attached hydrogens (tertiary/aromatic N) is 5. The molecule has 0 aromatic heterocycles. The fraction of sp³-hybridized carbons (Fsp3) is 0.600. The highest BCUT2D eigenvalue weighted by molar-refractivity contribution is 7.89. The van der Waals surface area contributed by atoms with E-state index in [2.05, 4.69) is 17.0 Å². The van der Waals surface area contributed by atoms with Gasteiger partial charge in [-0.1, -0.05) is 49.6 Å². The Hall–Kier alpha value is -2.64. The highest BCUT2D eigenvalue weighted by Gasteiger charge is 2.34. The normalized spacial score (nSPS) is 22.6. The van der Waals surface area contributed by atoms with Gasteiger partial charge in [-0.2, -0.15) is 17.0 Å². The molecule has 1 saturated heterocycles. The quantitative estimate of drug-likeness (QED) is 0.405. The van der Waals surface area contributed by atoms with Crippen LogP contribution in [0.3, 0.4) is 0 Å². The third-order valence-corrected chi connectivity index (χ3v) is 13.7. The molecule has 2 aromatic carbocycles. The van der Waals surface area contributed by atoms with Crippen molar-refractivity contribution < 1.29 is 21.9 Å². The van der Waals surface area contributed by atoms with Crippen LogP contribution in [0.15, 0.2) is 71.5 Å². The maximum atomic E-state index is 14.1. The van der Waals surface area contributed by atoms with Gasteiger partial charge < -0.3 is 14.9 Å². The van der Waals surface area contributed by atoms with Crippen molar-refractivity contribution in [3.8, 4) is 0 Å². The lowest BCUT2D eigenvalue weighted by Gasteiger charge is -2.36. The largest absolute Gasteiger partial charge is 0.509 e. The van der Waals surface area contributed by atoms with Crippen LogP contribution in [0.1, 0.15) is 69.3 Å². The maximum absolute atomic E-state index is 14.1. The van der Waals surface area contributed by atoms with E-state index in [4.69, 9.17) is 0 Å². The van der Waals surface area contributed by atoms with Gasteiger partial charge in [0, 0.05) is 52.5 Å². The van der Waals surface area contributed by atoms with Crippen LogP contribution >= 0.6 is 0 Å². The zero-order valence-corrected chi connectivity index (χ0v) is 29.7. The van der Waals surface area contributed by atoms with E-state index in [0.717, 1.165) is 31.6 Å². The Morgan fingerprint density at radius 2 is 1.36 bits per heavy atom. The van der Waals surface area contributed by atoms with Crippen LogP contribution < -0.4 is 4.90 Å². The van der Waals surface area contributed by atoms with Crippen molar-refractivity contribution >= 4 is 25.9 Å². The van der Waals surface area contributed by atoms with Crippen molar-refractivity contribution in [3.05, 3.63) is 72.1 Å². The van der Waals surface area contributed by atoms with Crippen molar-refractivity contribution in [2.75, 3.05) is 71.4 Å². The first kappa shape index (κ1) is 35.7. The number of aliphatic hydroxyl groups excluding tert-OH is 1. The smallest absolute Gasteiger partial charge is 0.282 e. The lowest BCUT2D eigenvalue weighted by atomic mass is 9.89. The van der Waals surface area contributed by atoms with Crippen LogP contribution in [0.5, 0.6) is 0 Å². The summed E-state index contributed by atoms with van der Waals surface area (Å²) in [6.07, 6.45) is 10.1. The standard InChI is InChI=1S/C35H53N5O5S2/c1-36(2)33-15-17-35(18-16-33)46(42,43)39-23-9-21-37(27-30-11-5-3-6-12-30)22-10-24-40(29-34(41)28-39)47(44,45)38-25-19-32(20-26-38)31-13-7-4-8-14-31/h4,7-8,13-18,28,30,32,41H,3,5-6,9-12,19-27,29H2,1-2H3/b34-28+.